The molecule has 1 unspecified atom stereocenters. The van der Waals surface area contributed by atoms with Gasteiger partial charge in [-0.1, -0.05) is 41.7 Å². The third-order valence-electron chi connectivity index (χ3n) is 4.52. The summed E-state index contributed by atoms with van der Waals surface area (Å²) in [5.74, 6) is 0.663. The number of methoxy groups -OCH3 is 1. The first-order chi connectivity index (χ1) is 11.8. The fourth-order valence-electron chi connectivity index (χ4n) is 3.36. The van der Waals surface area contributed by atoms with Gasteiger partial charge in [-0.2, -0.15) is 0 Å². The third-order valence-corrected chi connectivity index (χ3v) is 5.45. The van der Waals surface area contributed by atoms with Crippen molar-refractivity contribution in [1.29, 1.82) is 0 Å². The van der Waals surface area contributed by atoms with Gasteiger partial charge in [-0.25, -0.2) is 4.98 Å². The number of aryl methyl sites for hydroxylation is 1. The van der Waals surface area contributed by atoms with Gasteiger partial charge in [-0.3, -0.25) is 4.79 Å². The van der Waals surface area contributed by atoms with E-state index in [1.54, 1.807) is 7.11 Å². The van der Waals surface area contributed by atoms with Crippen LogP contribution in [0.5, 0.6) is 5.75 Å². The van der Waals surface area contributed by atoms with Crippen molar-refractivity contribution in [3.8, 4) is 5.75 Å². The lowest BCUT2D eigenvalue weighted by molar-refractivity contribution is -0.117. The molecule has 1 aliphatic rings. The smallest absolute Gasteiger partial charge is 0.233 e. The number of hydrogen-bond donors (Lipinski definition) is 1. The molecule has 0 saturated heterocycles. The molecule has 0 fully saturated rings. The van der Waals surface area contributed by atoms with Crippen molar-refractivity contribution < 1.29 is 9.53 Å². The van der Waals surface area contributed by atoms with Gasteiger partial charge in [-0.15, -0.1) is 0 Å². The van der Waals surface area contributed by atoms with Crippen LogP contribution in [0.25, 0.3) is 10.2 Å². The number of fused-ring (bicyclic) bond motifs is 2. The van der Waals surface area contributed by atoms with E-state index in [1.165, 1.54) is 16.9 Å². The molecule has 1 aromatic heterocycles. The molecule has 1 heterocycles. The largest absolute Gasteiger partial charge is 0.494 e. The highest BCUT2D eigenvalue weighted by Gasteiger charge is 2.26. The lowest BCUT2D eigenvalue weighted by atomic mass is 9.82. The van der Waals surface area contributed by atoms with E-state index in [0.29, 0.717) is 5.13 Å². The second-order valence-electron chi connectivity index (χ2n) is 5.96. The van der Waals surface area contributed by atoms with Gasteiger partial charge in [0.25, 0.3) is 0 Å². The average molecular weight is 338 g/mol. The summed E-state index contributed by atoms with van der Waals surface area (Å²) in [6.45, 7) is 0. The van der Waals surface area contributed by atoms with Crippen molar-refractivity contribution in [2.75, 3.05) is 12.4 Å². The van der Waals surface area contributed by atoms with Gasteiger partial charge in [-0.05, 0) is 42.5 Å². The molecule has 1 atom stereocenters. The van der Waals surface area contributed by atoms with Crippen LogP contribution in [-0.4, -0.2) is 18.0 Å². The van der Waals surface area contributed by atoms with Gasteiger partial charge in [0.15, 0.2) is 5.13 Å². The topological polar surface area (TPSA) is 51.2 Å². The number of para-hydroxylation sites is 1. The van der Waals surface area contributed by atoms with E-state index in [9.17, 15) is 4.79 Å². The fourth-order valence-corrected chi connectivity index (χ4v) is 4.25. The molecule has 1 aliphatic carbocycles. The van der Waals surface area contributed by atoms with Crippen LogP contribution in [0.4, 0.5) is 5.13 Å². The lowest BCUT2D eigenvalue weighted by Crippen LogP contribution is -2.24. The number of ether oxygens (including phenoxy) is 1. The van der Waals surface area contributed by atoms with Crippen LogP contribution in [-0.2, 0) is 11.2 Å². The highest BCUT2D eigenvalue weighted by Crippen LogP contribution is 2.35. The normalized spacial score (nSPS) is 16.6. The maximum absolute atomic E-state index is 12.8. The molecule has 3 aromatic rings. The summed E-state index contributed by atoms with van der Waals surface area (Å²) in [6, 6.07) is 14.0. The van der Waals surface area contributed by atoms with Crippen LogP contribution in [0, 0.1) is 0 Å². The Kier molecular flexibility index (Phi) is 3.94. The monoisotopic (exact) mass is 338 g/mol. The zero-order chi connectivity index (χ0) is 16.5. The quantitative estimate of drug-likeness (QED) is 0.772. The van der Waals surface area contributed by atoms with Crippen molar-refractivity contribution in [1.82, 2.24) is 4.98 Å². The maximum Gasteiger partial charge on any atom is 0.233 e. The second-order valence-corrected chi connectivity index (χ2v) is 6.99. The Labute approximate surface area is 144 Å². The summed E-state index contributed by atoms with van der Waals surface area (Å²) in [5.41, 5.74) is 3.24. The molecule has 0 bridgehead atoms. The number of carbonyl (C=O) groups is 1. The van der Waals surface area contributed by atoms with E-state index in [-0.39, 0.29) is 11.8 Å². The predicted molar refractivity (Wildman–Crippen MR) is 96.9 cm³/mol. The lowest BCUT2D eigenvalue weighted by Gasteiger charge is -2.24. The molecule has 4 rings (SSSR count). The Balaban J connectivity index is 1.61. The molecular weight excluding hydrogens is 320 g/mol. The first-order valence-electron chi connectivity index (χ1n) is 8.08. The van der Waals surface area contributed by atoms with Crippen molar-refractivity contribution in [2.45, 2.75) is 25.2 Å². The SMILES string of the molecule is COc1cccc2sc(NC(=O)C3CCCc4ccccc43)nc12. The summed E-state index contributed by atoms with van der Waals surface area (Å²) in [6.07, 6.45) is 2.98. The Morgan fingerprint density at radius 1 is 1.25 bits per heavy atom. The van der Waals surface area contributed by atoms with Crippen LogP contribution in [0.3, 0.4) is 0 Å². The summed E-state index contributed by atoms with van der Waals surface area (Å²) >= 11 is 1.48. The number of nitrogens with one attached hydrogen (secondary N) is 1. The molecule has 1 amide bonds. The molecule has 5 heteroatoms. The number of benzene rings is 2. The second kappa shape index (κ2) is 6.24. The summed E-state index contributed by atoms with van der Waals surface area (Å²) in [4.78, 5) is 17.3. The Bertz CT molecular complexity index is 903. The van der Waals surface area contributed by atoms with Gasteiger partial charge in [0.05, 0.1) is 17.7 Å². The zero-order valence-electron chi connectivity index (χ0n) is 13.4. The van der Waals surface area contributed by atoms with Gasteiger partial charge in [0.2, 0.25) is 5.91 Å². The van der Waals surface area contributed by atoms with E-state index in [4.69, 9.17) is 4.74 Å². The summed E-state index contributed by atoms with van der Waals surface area (Å²) in [5, 5.41) is 3.63. The summed E-state index contributed by atoms with van der Waals surface area (Å²) < 4.78 is 6.35. The maximum atomic E-state index is 12.8. The minimum absolute atomic E-state index is 0.0279. The molecule has 4 nitrogen and oxygen atoms in total. The number of nitrogens with zero attached hydrogens (tertiary/aromatic N) is 1. The summed E-state index contributed by atoms with van der Waals surface area (Å²) in [7, 11) is 1.63. The number of rotatable bonds is 3. The number of carbonyl (C=O) groups excluding carboxylic acids is 1. The first-order valence-corrected chi connectivity index (χ1v) is 8.90. The van der Waals surface area contributed by atoms with Gasteiger partial charge >= 0.3 is 0 Å². The van der Waals surface area contributed by atoms with Crippen molar-refractivity contribution in [3.63, 3.8) is 0 Å². The number of aromatic nitrogens is 1. The molecule has 1 N–H and O–H groups in total. The van der Waals surface area contributed by atoms with Gasteiger partial charge in [0, 0.05) is 0 Å². The number of hydrogen-bond acceptors (Lipinski definition) is 4. The minimum atomic E-state index is -0.0937. The third kappa shape index (κ3) is 2.65. The van der Waals surface area contributed by atoms with Crippen LogP contribution < -0.4 is 10.1 Å². The molecule has 0 radical (unpaired) electrons. The fraction of sp³-hybridized carbons (Fsp3) is 0.263. The highest BCUT2D eigenvalue weighted by atomic mass is 32.1. The van der Waals surface area contributed by atoms with Crippen molar-refractivity contribution >= 4 is 32.6 Å². The Hall–Kier alpha value is -2.40. The van der Waals surface area contributed by atoms with Crippen molar-refractivity contribution in [2.24, 2.45) is 0 Å². The van der Waals surface area contributed by atoms with E-state index in [1.807, 2.05) is 30.3 Å². The van der Waals surface area contributed by atoms with Gasteiger partial charge < -0.3 is 10.1 Å². The molecule has 24 heavy (non-hydrogen) atoms. The highest BCUT2D eigenvalue weighted by molar-refractivity contribution is 7.22. The Morgan fingerprint density at radius 3 is 3.00 bits per heavy atom. The van der Waals surface area contributed by atoms with Crippen molar-refractivity contribution in [3.05, 3.63) is 53.6 Å². The predicted octanol–water partition coefficient (Wildman–Crippen LogP) is 4.36. The standard InChI is InChI=1S/C19H18N2O2S/c1-23-15-10-5-11-16-17(15)20-19(24-16)21-18(22)14-9-4-7-12-6-2-3-8-13(12)14/h2-3,5-6,8,10-11,14H,4,7,9H2,1H3,(H,20,21,22). The average Bonchev–Trinajstić information content (AvgIpc) is 3.03. The first kappa shape index (κ1) is 15.1. The van der Waals surface area contributed by atoms with Crippen LogP contribution in [0.2, 0.25) is 0 Å². The van der Waals surface area contributed by atoms with E-state index in [2.05, 4.69) is 22.4 Å². The Morgan fingerprint density at radius 2 is 2.12 bits per heavy atom. The molecule has 0 aliphatic heterocycles. The van der Waals surface area contributed by atoms with Crippen LogP contribution in [0.15, 0.2) is 42.5 Å². The van der Waals surface area contributed by atoms with E-state index >= 15 is 0 Å². The molecule has 0 spiro atoms. The van der Waals surface area contributed by atoms with E-state index in [0.717, 1.165) is 40.8 Å². The zero-order valence-corrected chi connectivity index (χ0v) is 14.2. The van der Waals surface area contributed by atoms with Crippen LogP contribution in [0.1, 0.15) is 29.9 Å². The number of thiazole rings is 1. The van der Waals surface area contributed by atoms with Crippen LogP contribution >= 0.6 is 11.3 Å². The molecule has 122 valence electrons. The molecule has 0 saturated carbocycles. The number of amides is 1. The molecule has 2 aromatic carbocycles. The molecular formula is C19H18N2O2S. The van der Waals surface area contributed by atoms with E-state index < -0.39 is 0 Å². The minimum Gasteiger partial charge on any atom is -0.494 e. The number of anilines is 1. The van der Waals surface area contributed by atoms with Gasteiger partial charge in [0.1, 0.15) is 11.3 Å².